The van der Waals surface area contributed by atoms with Gasteiger partial charge in [0.05, 0.1) is 6.20 Å². The largest absolute Gasteiger partial charge is 0.384 e. The van der Waals surface area contributed by atoms with Gasteiger partial charge in [-0.1, -0.05) is 0 Å². The number of aromatic nitrogens is 4. The molecule has 0 saturated carbocycles. The Kier molecular flexibility index (Phi) is 2.49. The Hall–Kier alpha value is -2.11. The van der Waals surface area contributed by atoms with E-state index in [2.05, 4.69) is 25.5 Å². The third-order valence-corrected chi connectivity index (χ3v) is 2.08. The van der Waals surface area contributed by atoms with Crippen LogP contribution in [-0.2, 0) is 6.54 Å². The van der Waals surface area contributed by atoms with Crippen molar-refractivity contribution in [1.29, 1.82) is 0 Å². The molecule has 2 heterocycles. The molecule has 0 spiro atoms. The summed E-state index contributed by atoms with van der Waals surface area (Å²) in [5.41, 5.74) is 7.68. The first-order valence-corrected chi connectivity index (χ1v) is 4.56. The number of hydrogen-bond donors (Lipinski definition) is 3. The van der Waals surface area contributed by atoms with Crippen molar-refractivity contribution in [3.05, 3.63) is 29.8 Å². The van der Waals surface area contributed by atoms with E-state index in [-0.39, 0.29) is 0 Å². The number of nitrogen functional groups attached to an aromatic ring is 1. The molecule has 6 heteroatoms. The Morgan fingerprint density at radius 3 is 3.00 bits per heavy atom. The lowest BCUT2D eigenvalue weighted by Gasteiger charge is -2.04. The fourth-order valence-corrected chi connectivity index (χ4v) is 1.21. The normalized spacial score (nSPS) is 10.2. The Balaban J connectivity index is 2.02. The van der Waals surface area contributed by atoms with Crippen molar-refractivity contribution in [3.8, 4) is 0 Å². The maximum absolute atomic E-state index is 5.53. The van der Waals surface area contributed by atoms with Gasteiger partial charge in [0.2, 0.25) is 0 Å². The molecule has 2 aromatic heterocycles. The van der Waals surface area contributed by atoms with Crippen molar-refractivity contribution in [1.82, 2.24) is 20.2 Å². The van der Waals surface area contributed by atoms with Crippen LogP contribution in [0.1, 0.15) is 11.3 Å². The van der Waals surface area contributed by atoms with Crippen molar-refractivity contribution < 1.29 is 0 Å². The predicted octanol–water partition coefficient (Wildman–Crippen LogP) is 0.702. The van der Waals surface area contributed by atoms with Gasteiger partial charge in [-0.15, -0.1) is 0 Å². The zero-order chi connectivity index (χ0) is 10.7. The molecule has 0 aliphatic rings. The van der Waals surface area contributed by atoms with E-state index in [9.17, 15) is 0 Å². The zero-order valence-corrected chi connectivity index (χ0v) is 8.36. The first kappa shape index (κ1) is 9.45. The van der Waals surface area contributed by atoms with E-state index in [1.165, 1.54) is 6.33 Å². The Labute approximate surface area is 86.9 Å². The lowest BCUT2D eigenvalue weighted by Crippen LogP contribution is -2.03. The molecule has 2 aromatic rings. The van der Waals surface area contributed by atoms with Crippen molar-refractivity contribution in [2.24, 2.45) is 0 Å². The van der Waals surface area contributed by atoms with E-state index >= 15 is 0 Å². The van der Waals surface area contributed by atoms with E-state index in [1.54, 1.807) is 12.3 Å². The SMILES string of the molecule is Cc1[nH]ncc1CNc1cc(N)ncn1. The minimum absolute atomic E-state index is 0.455. The van der Waals surface area contributed by atoms with E-state index in [4.69, 9.17) is 5.73 Å². The number of aryl methyl sites for hydroxylation is 1. The first-order valence-electron chi connectivity index (χ1n) is 4.56. The number of nitrogens with one attached hydrogen (secondary N) is 2. The topological polar surface area (TPSA) is 92.5 Å². The number of anilines is 2. The summed E-state index contributed by atoms with van der Waals surface area (Å²) in [7, 11) is 0. The lowest BCUT2D eigenvalue weighted by atomic mass is 10.2. The average Bonchev–Trinajstić information content (AvgIpc) is 2.61. The van der Waals surface area contributed by atoms with E-state index < -0.39 is 0 Å². The van der Waals surface area contributed by atoms with Gasteiger partial charge in [-0.25, -0.2) is 9.97 Å². The van der Waals surface area contributed by atoms with Crippen LogP contribution in [0.25, 0.3) is 0 Å². The Morgan fingerprint density at radius 1 is 1.47 bits per heavy atom. The third-order valence-electron chi connectivity index (χ3n) is 2.08. The van der Waals surface area contributed by atoms with Crippen LogP contribution in [0.2, 0.25) is 0 Å². The predicted molar refractivity (Wildman–Crippen MR) is 57.1 cm³/mol. The molecule has 0 bridgehead atoms. The highest BCUT2D eigenvalue weighted by molar-refractivity contribution is 5.43. The molecule has 2 rings (SSSR count). The highest BCUT2D eigenvalue weighted by atomic mass is 15.1. The van der Waals surface area contributed by atoms with Crippen LogP contribution in [0.4, 0.5) is 11.6 Å². The van der Waals surface area contributed by atoms with Crippen LogP contribution in [-0.4, -0.2) is 20.2 Å². The quantitative estimate of drug-likeness (QED) is 0.684. The summed E-state index contributed by atoms with van der Waals surface area (Å²) >= 11 is 0. The molecular weight excluding hydrogens is 192 g/mol. The van der Waals surface area contributed by atoms with Gasteiger partial charge < -0.3 is 11.1 Å². The van der Waals surface area contributed by atoms with Crippen LogP contribution < -0.4 is 11.1 Å². The highest BCUT2D eigenvalue weighted by Crippen LogP contribution is 2.08. The molecule has 0 amide bonds. The van der Waals surface area contributed by atoms with Gasteiger partial charge in [-0.2, -0.15) is 5.10 Å². The highest BCUT2D eigenvalue weighted by Gasteiger charge is 2.00. The van der Waals surface area contributed by atoms with Crippen molar-refractivity contribution >= 4 is 11.6 Å². The van der Waals surface area contributed by atoms with Crippen molar-refractivity contribution in [2.45, 2.75) is 13.5 Å². The van der Waals surface area contributed by atoms with Gasteiger partial charge in [-0.05, 0) is 6.92 Å². The molecule has 0 aliphatic carbocycles. The third kappa shape index (κ3) is 2.22. The van der Waals surface area contributed by atoms with E-state index in [0.717, 1.165) is 11.3 Å². The minimum atomic E-state index is 0.455. The second-order valence-electron chi connectivity index (χ2n) is 3.20. The summed E-state index contributed by atoms with van der Waals surface area (Å²) in [6, 6.07) is 1.69. The number of nitrogens with two attached hydrogens (primary N) is 1. The van der Waals surface area contributed by atoms with Crippen LogP contribution in [0.15, 0.2) is 18.6 Å². The summed E-state index contributed by atoms with van der Waals surface area (Å²) in [6.07, 6.45) is 3.22. The second kappa shape index (κ2) is 3.95. The maximum atomic E-state index is 5.53. The van der Waals surface area contributed by atoms with Crippen LogP contribution in [0.5, 0.6) is 0 Å². The fourth-order valence-electron chi connectivity index (χ4n) is 1.21. The summed E-state index contributed by atoms with van der Waals surface area (Å²) in [6.45, 7) is 2.64. The van der Waals surface area contributed by atoms with Gasteiger partial charge in [0.25, 0.3) is 0 Å². The zero-order valence-electron chi connectivity index (χ0n) is 8.36. The monoisotopic (exact) mass is 204 g/mol. The van der Waals surface area contributed by atoms with Gasteiger partial charge in [-0.3, -0.25) is 5.10 Å². The van der Waals surface area contributed by atoms with Crippen LogP contribution in [0, 0.1) is 6.92 Å². The number of rotatable bonds is 3. The molecule has 15 heavy (non-hydrogen) atoms. The van der Waals surface area contributed by atoms with Gasteiger partial charge in [0, 0.05) is 23.9 Å². The van der Waals surface area contributed by atoms with Crippen LogP contribution >= 0.6 is 0 Å². The first-order chi connectivity index (χ1) is 7.25. The summed E-state index contributed by atoms with van der Waals surface area (Å²) in [4.78, 5) is 7.85. The molecule has 0 aliphatic heterocycles. The number of nitrogens with zero attached hydrogens (tertiary/aromatic N) is 3. The molecular formula is C9H12N6. The molecule has 0 atom stereocenters. The smallest absolute Gasteiger partial charge is 0.131 e. The number of hydrogen-bond acceptors (Lipinski definition) is 5. The number of H-pyrrole nitrogens is 1. The molecule has 78 valence electrons. The Morgan fingerprint density at radius 2 is 2.33 bits per heavy atom. The molecule has 0 saturated heterocycles. The van der Waals surface area contributed by atoms with Crippen LogP contribution in [0.3, 0.4) is 0 Å². The molecule has 6 nitrogen and oxygen atoms in total. The van der Waals surface area contributed by atoms with Gasteiger partial charge in [0.15, 0.2) is 0 Å². The van der Waals surface area contributed by atoms with Gasteiger partial charge >= 0.3 is 0 Å². The average molecular weight is 204 g/mol. The summed E-state index contributed by atoms with van der Waals surface area (Å²) < 4.78 is 0. The molecule has 0 fully saturated rings. The van der Waals surface area contributed by atoms with E-state index in [0.29, 0.717) is 18.2 Å². The molecule has 0 aromatic carbocycles. The van der Waals surface area contributed by atoms with Crippen molar-refractivity contribution in [3.63, 3.8) is 0 Å². The minimum Gasteiger partial charge on any atom is -0.384 e. The maximum Gasteiger partial charge on any atom is 0.131 e. The van der Waals surface area contributed by atoms with Gasteiger partial charge in [0.1, 0.15) is 18.0 Å². The fraction of sp³-hybridized carbons (Fsp3) is 0.222. The summed E-state index contributed by atoms with van der Waals surface area (Å²) in [5.74, 6) is 1.17. The standard InChI is InChI=1S/C9H12N6/c1-6-7(4-14-15-6)3-11-9-2-8(10)12-5-13-9/h2,4-5H,3H2,1H3,(H,14,15)(H3,10,11,12,13). The molecule has 0 unspecified atom stereocenters. The summed E-state index contributed by atoms with van der Waals surface area (Å²) in [5, 5.41) is 9.94. The number of aromatic amines is 1. The molecule has 0 radical (unpaired) electrons. The Bertz CT molecular complexity index is 449. The van der Waals surface area contributed by atoms with E-state index in [1.807, 2.05) is 6.92 Å². The lowest BCUT2D eigenvalue weighted by molar-refractivity contribution is 1.03. The van der Waals surface area contributed by atoms with Crippen molar-refractivity contribution in [2.75, 3.05) is 11.1 Å². The second-order valence-corrected chi connectivity index (χ2v) is 3.20. The molecule has 4 N–H and O–H groups in total.